The van der Waals surface area contributed by atoms with Gasteiger partial charge in [-0.3, -0.25) is 14.5 Å². The van der Waals surface area contributed by atoms with Crippen molar-refractivity contribution >= 4 is 35.3 Å². The van der Waals surface area contributed by atoms with Crippen LogP contribution < -0.4 is 5.32 Å². The highest BCUT2D eigenvalue weighted by molar-refractivity contribution is 8.14. The lowest BCUT2D eigenvalue weighted by atomic mass is 10.1. The van der Waals surface area contributed by atoms with Crippen LogP contribution in [0.1, 0.15) is 18.3 Å². The van der Waals surface area contributed by atoms with Crippen LogP contribution in [0.4, 0.5) is 4.79 Å². The number of halogens is 1. The van der Waals surface area contributed by atoms with E-state index in [1.54, 1.807) is 0 Å². The van der Waals surface area contributed by atoms with Crippen molar-refractivity contribution < 1.29 is 14.1 Å². The highest BCUT2D eigenvalue weighted by atomic mass is 35.5. The lowest BCUT2D eigenvalue weighted by Gasteiger charge is -2.12. The van der Waals surface area contributed by atoms with Crippen molar-refractivity contribution in [2.45, 2.75) is 25.9 Å². The fraction of sp³-hybridized carbons (Fsp3) is 0.375. The molecular weight excluding hydrogens is 364 g/mol. The summed E-state index contributed by atoms with van der Waals surface area (Å²) in [5.41, 5.74) is 1.62. The van der Waals surface area contributed by atoms with E-state index in [4.69, 9.17) is 4.52 Å². The van der Waals surface area contributed by atoms with Gasteiger partial charge in [0.05, 0.1) is 12.3 Å². The van der Waals surface area contributed by atoms with Crippen LogP contribution in [0.3, 0.4) is 0 Å². The minimum atomic E-state index is -0.202. The van der Waals surface area contributed by atoms with Gasteiger partial charge in [-0.05, 0) is 31.7 Å². The number of thioether (sulfide) groups is 1. The Kier molecular flexibility index (Phi) is 6.57. The maximum absolute atomic E-state index is 11.7. The average molecular weight is 383 g/mol. The molecule has 1 atom stereocenters. The molecule has 1 aromatic carbocycles. The number of carbonyl (C=O) groups excluding carboxylic acids is 2. The molecule has 0 aliphatic carbocycles. The van der Waals surface area contributed by atoms with Crippen LogP contribution >= 0.6 is 24.2 Å². The van der Waals surface area contributed by atoms with Gasteiger partial charge in [-0.15, -0.1) is 12.4 Å². The number of carbonyl (C=O) groups is 2. The molecule has 1 aliphatic rings. The standard InChI is InChI=1S/C16H18N4O3S.ClH/c1-10(17-2)6-13-18-15(23-19-13)12-5-3-4-11(7-12)8-20-14(21)9-24-16(20)22;/h3-5,7,10,17H,6,8-9H2,1-2H3;1H. The summed E-state index contributed by atoms with van der Waals surface area (Å²) in [5, 5.41) is 6.91. The van der Waals surface area contributed by atoms with E-state index in [1.165, 1.54) is 4.90 Å². The summed E-state index contributed by atoms with van der Waals surface area (Å²) in [7, 11) is 1.88. The Morgan fingerprint density at radius 2 is 2.20 bits per heavy atom. The predicted molar refractivity (Wildman–Crippen MR) is 97.6 cm³/mol. The SMILES string of the molecule is CNC(C)Cc1noc(-c2cccc(CN3C(=O)CSC3=O)c2)n1.Cl. The maximum Gasteiger partial charge on any atom is 0.289 e. The number of rotatable bonds is 6. The van der Waals surface area contributed by atoms with E-state index in [1.807, 2.05) is 38.2 Å². The molecule has 0 spiro atoms. The predicted octanol–water partition coefficient (Wildman–Crippen LogP) is 2.50. The number of hydrogen-bond donors (Lipinski definition) is 1. The minimum Gasteiger partial charge on any atom is -0.334 e. The number of hydrogen-bond acceptors (Lipinski definition) is 7. The second kappa shape index (κ2) is 8.46. The summed E-state index contributed by atoms with van der Waals surface area (Å²) in [4.78, 5) is 29.1. The Bertz CT molecular complexity index is 751. The first kappa shape index (κ1) is 19.4. The smallest absolute Gasteiger partial charge is 0.289 e. The molecule has 1 unspecified atom stereocenters. The molecule has 1 aromatic heterocycles. The van der Waals surface area contributed by atoms with E-state index >= 15 is 0 Å². The fourth-order valence-electron chi connectivity index (χ4n) is 2.35. The van der Waals surface area contributed by atoms with Crippen LogP contribution in [0, 0.1) is 0 Å². The molecular formula is C16H19ClN4O3S. The van der Waals surface area contributed by atoms with Gasteiger partial charge < -0.3 is 9.84 Å². The van der Waals surface area contributed by atoms with Crippen LogP contribution in [0.15, 0.2) is 28.8 Å². The molecule has 2 heterocycles. The summed E-state index contributed by atoms with van der Waals surface area (Å²) in [5.74, 6) is 1.13. The van der Waals surface area contributed by atoms with Crippen LogP contribution in [-0.2, 0) is 17.8 Å². The van der Waals surface area contributed by atoms with E-state index in [2.05, 4.69) is 15.5 Å². The van der Waals surface area contributed by atoms with Gasteiger partial charge in [0.25, 0.3) is 11.1 Å². The third-order valence-corrected chi connectivity index (χ3v) is 4.66. The largest absolute Gasteiger partial charge is 0.334 e. The Morgan fingerprint density at radius 3 is 2.88 bits per heavy atom. The number of aromatic nitrogens is 2. The highest BCUT2D eigenvalue weighted by Gasteiger charge is 2.29. The molecule has 134 valence electrons. The second-order valence-corrected chi connectivity index (χ2v) is 6.57. The van der Waals surface area contributed by atoms with Crippen LogP contribution in [0.5, 0.6) is 0 Å². The van der Waals surface area contributed by atoms with Gasteiger partial charge in [0.1, 0.15) is 0 Å². The van der Waals surface area contributed by atoms with Gasteiger partial charge in [0, 0.05) is 18.0 Å². The molecule has 0 bridgehead atoms. The molecule has 1 saturated heterocycles. The summed E-state index contributed by atoms with van der Waals surface area (Å²) < 4.78 is 5.32. The van der Waals surface area contributed by atoms with E-state index in [0.29, 0.717) is 18.1 Å². The average Bonchev–Trinajstić information content (AvgIpc) is 3.17. The molecule has 7 nitrogen and oxygen atoms in total. The van der Waals surface area contributed by atoms with Crippen molar-refractivity contribution in [1.82, 2.24) is 20.4 Å². The van der Waals surface area contributed by atoms with Crippen LogP contribution in [-0.4, -0.2) is 45.0 Å². The quantitative estimate of drug-likeness (QED) is 0.821. The minimum absolute atomic E-state index is 0. The number of amides is 2. The molecule has 0 radical (unpaired) electrons. The Balaban J connectivity index is 0.00000225. The van der Waals surface area contributed by atoms with Crippen LogP contribution in [0.25, 0.3) is 11.5 Å². The molecule has 2 aromatic rings. The number of likely N-dealkylation sites (N-methyl/N-ethyl adjacent to an activating group) is 1. The third kappa shape index (κ3) is 4.59. The van der Waals surface area contributed by atoms with Gasteiger partial charge in [-0.1, -0.05) is 29.1 Å². The summed E-state index contributed by atoms with van der Waals surface area (Å²) in [6.45, 7) is 2.30. The first-order chi connectivity index (χ1) is 11.6. The van der Waals surface area contributed by atoms with E-state index in [9.17, 15) is 9.59 Å². The van der Waals surface area contributed by atoms with Crippen molar-refractivity contribution in [1.29, 1.82) is 0 Å². The van der Waals surface area contributed by atoms with Crippen molar-refractivity contribution in [3.8, 4) is 11.5 Å². The van der Waals surface area contributed by atoms with E-state index in [0.717, 1.165) is 22.9 Å². The van der Waals surface area contributed by atoms with Gasteiger partial charge in [0.2, 0.25) is 5.91 Å². The molecule has 3 rings (SSSR count). The van der Waals surface area contributed by atoms with Gasteiger partial charge >= 0.3 is 0 Å². The number of imide groups is 1. The molecule has 9 heteroatoms. The van der Waals surface area contributed by atoms with Crippen molar-refractivity contribution in [2.24, 2.45) is 0 Å². The van der Waals surface area contributed by atoms with Crippen molar-refractivity contribution in [3.63, 3.8) is 0 Å². The van der Waals surface area contributed by atoms with E-state index in [-0.39, 0.29) is 41.9 Å². The number of nitrogens with one attached hydrogen (secondary N) is 1. The summed E-state index contributed by atoms with van der Waals surface area (Å²) in [6, 6.07) is 7.70. The number of nitrogens with zero attached hydrogens (tertiary/aromatic N) is 3. The van der Waals surface area contributed by atoms with Gasteiger partial charge in [-0.25, -0.2) is 0 Å². The normalized spacial score (nSPS) is 15.4. The number of benzene rings is 1. The van der Waals surface area contributed by atoms with Crippen molar-refractivity contribution in [2.75, 3.05) is 12.8 Å². The van der Waals surface area contributed by atoms with Crippen molar-refractivity contribution in [3.05, 3.63) is 35.7 Å². The lowest BCUT2D eigenvalue weighted by molar-refractivity contribution is -0.125. The molecule has 25 heavy (non-hydrogen) atoms. The zero-order chi connectivity index (χ0) is 17.1. The Labute approximate surface area is 155 Å². The lowest BCUT2D eigenvalue weighted by Crippen LogP contribution is -2.27. The third-order valence-electron chi connectivity index (χ3n) is 3.80. The highest BCUT2D eigenvalue weighted by Crippen LogP contribution is 2.24. The molecule has 0 saturated carbocycles. The second-order valence-electron chi connectivity index (χ2n) is 5.64. The first-order valence-corrected chi connectivity index (χ1v) is 8.61. The summed E-state index contributed by atoms with van der Waals surface area (Å²) >= 11 is 1.04. The van der Waals surface area contributed by atoms with E-state index < -0.39 is 0 Å². The molecule has 2 amide bonds. The maximum atomic E-state index is 11.7. The fourth-order valence-corrected chi connectivity index (χ4v) is 3.07. The van der Waals surface area contributed by atoms with Crippen LogP contribution in [0.2, 0.25) is 0 Å². The zero-order valence-electron chi connectivity index (χ0n) is 13.9. The molecule has 1 fully saturated rings. The first-order valence-electron chi connectivity index (χ1n) is 7.63. The monoisotopic (exact) mass is 382 g/mol. The Hall–Kier alpha value is -1.90. The van der Waals surface area contributed by atoms with Gasteiger partial charge in [-0.2, -0.15) is 4.98 Å². The van der Waals surface area contributed by atoms with Gasteiger partial charge in [0.15, 0.2) is 5.82 Å². The molecule has 1 aliphatic heterocycles. The topological polar surface area (TPSA) is 88.3 Å². The Morgan fingerprint density at radius 1 is 1.40 bits per heavy atom. The molecule has 1 N–H and O–H groups in total. The summed E-state index contributed by atoms with van der Waals surface area (Å²) in [6.07, 6.45) is 0.674. The zero-order valence-corrected chi connectivity index (χ0v) is 15.5.